The van der Waals surface area contributed by atoms with Gasteiger partial charge in [-0.1, -0.05) is 44.7 Å². The van der Waals surface area contributed by atoms with Crippen LogP contribution in [0.15, 0.2) is 30.5 Å². The van der Waals surface area contributed by atoms with Crippen LogP contribution in [0.1, 0.15) is 57.9 Å². The van der Waals surface area contributed by atoms with Gasteiger partial charge < -0.3 is 15.0 Å². The Labute approximate surface area is 194 Å². The topological polar surface area (TPSA) is 85.2 Å². The zero-order valence-corrected chi connectivity index (χ0v) is 19.3. The molecule has 1 aromatic carbocycles. The molecule has 33 heavy (non-hydrogen) atoms. The van der Waals surface area contributed by atoms with Crippen LogP contribution in [0.4, 0.5) is 11.6 Å². The van der Waals surface area contributed by atoms with Crippen molar-refractivity contribution in [2.45, 2.75) is 57.9 Å². The minimum absolute atomic E-state index is 0.00229. The van der Waals surface area contributed by atoms with Gasteiger partial charge in [0.15, 0.2) is 5.65 Å². The maximum Gasteiger partial charge on any atom is 0.253 e. The van der Waals surface area contributed by atoms with Gasteiger partial charge in [-0.05, 0) is 31.4 Å². The van der Waals surface area contributed by atoms with Gasteiger partial charge in [-0.15, -0.1) is 0 Å². The molecule has 2 aliphatic rings. The van der Waals surface area contributed by atoms with E-state index in [0.717, 1.165) is 60.2 Å². The number of carbonyl (C=O) groups excluding carboxylic acids is 1. The van der Waals surface area contributed by atoms with Crippen LogP contribution in [-0.2, 0) is 9.53 Å². The average Bonchev–Trinajstić information content (AvgIpc) is 3.24. The molecule has 1 aliphatic carbocycles. The minimum atomic E-state index is -0.00229. The quantitative estimate of drug-likeness (QED) is 0.533. The number of ether oxygens (including phenoxy) is 1. The first kappa shape index (κ1) is 21.8. The van der Waals surface area contributed by atoms with E-state index in [1.54, 1.807) is 4.90 Å². The molecule has 8 nitrogen and oxygen atoms in total. The van der Waals surface area contributed by atoms with E-state index in [9.17, 15) is 4.79 Å². The Balaban J connectivity index is 1.49. The summed E-state index contributed by atoms with van der Waals surface area (Å²) in [4.78, 5) is 23.4. The Morgan fingerprint density at radius 1 is 1.15 bits per heavy atom. The molecular weight excluding hydrogens is 416 g/mol. The molecule has 1 amide bonds. The van der Waals surface area contributed by atoms with E-state index < -0.39 is 0 Å². The number of rotatable bonds is 7. The summed E-state index contributed by atoms with van der Waals surface area (Å²) in [6.45, 7) is 4.34. The molecular formula is C25H32N6O2. The van der Waals surface area contributed by atoms with Crippen molar-refractivity contribution in [2.75, 3.05) is 36.5 Å². The first-order valence-corrected chi connectivity index (χ1v) is 12.2. The summed E-state index contributed by atoms with van der Waals surface area (Å²) in [6.07, 6.45) is 10.2. The fourth-order valence-corrected chi connectivity index (χ4v) is 4.77. The van der Waals surface area contributed by atoms with Crippen molar-refractivity contribution in [2.24, 2.45) is 0 Å². The van der Waals surface area contributed by atoms with E-state index in [-0.39, 0.29) is 12.5 Å². The largest absolute Gasteiger partial charge is 0.370 e. The van der Waals surface area contributed by atoms with E-state index in [2.05, 4.69) is 21.9 Å². The number of morpholine rings is 1. The van der Waals surface area contributed by atoms with Crippen LogP contribution < -0.4 is 10.2 Å². The molecule has 2 fully saturated rings. The third-order valence-corrected chi connectivity index (χ3v) is 6.62. The Kier molecular flexibility index (Phi) is 6.53. The fourth-order valence-electron chi connectivity index (χ4n) is 4.77. The summed E-state index contributed by atoms with van der Waals surface area (Å²) in [5.74, 6) is 0.665. The van der Waals surface area contributed by atoms with Crippen molar-refractivity contribution < 1.29 is 9.53 Å². The fraction of sp³-hybridized carbons (Fsp3) is 0.520. The van der Waals surface area contributed by atoms with Crippen molar-refractivity contribution in [3.63, 3.8) is 0 Å². The van der Waals surface area contributed by atoms with Gasteiger partial charge in [0, 0.05) is 30.5 Å². The summed E-state index contributed by atoms with van der Waals surface area (Å²) >= 11 is 0. The first-order valence-electron chi connectivity index (χ1n) is 12.2. The molecule has 1 aliphatic heterocycles. The summed E-state index contributed by atoms with van der Waals surface area (Å²) in [5.41, 5.74) is 3.70. The molecule has 8 heteroatoms. The lowest BCUT2D eigenvalue weighted by atomic mass is 9.96. The molecule has 2 aromatic heterocycles. The number of fused-ring (bicyclic) bond motifs is 1. The van der Waals surface area contributed by atoms with Gasteiger partial charge in [-0.2, -0.15) is 10.1 Å². The number of unbranched alkanes of at least 4 members (excludes halogenated alkanes) is 1. The number of amides is 1. The van der Waals surface area contributed by atoms with Gasteiger partial charge in [-0.25, -0.2) is 9.67 Å². The Hall–Kier alpha value is -3.00. The molecule has 0 spiro atoms. The Morgan fingerprint density at radius 2 is 1.97 bits per heavy atom. The molecule has 3 aromatic rings. The molecule has 174 valence electrons. The number of hydrogen-bond donors (Lipinski definition) is 1. The summed E-state index contributed by atoms with van der Waals surface area (Å²) < 4.78 is 7.39. The highest BCUT2D eigenvalue weighted by Gasteiger charge is 2.24. The highest BCUT2D eigenvalue weighted by Crippen LogP contribution is 2.35. The monoisotopic (exact) mass is 448 g/mol. The van der Waals surface area contributed by atoms with Crippen LogP contribution in [0, 0.1) is 0 Å². The second-order valence-corrected chi connectivity index (χ2v) is 8.94. The predicted octanol–water partition coefficient (Wildman–Crippen LogP) is 4.57. The third kappa shape index (κ3) is 4.57. The number of nitrogens with one attached hydrogen (secondary N) is 1. The van der Waals surface area contributed by atoms with E-state index in [0.29, 0.717) is 25.1 Å². The lowest BCUT2D eigenvalue weighted by Gasteiger charge is -2.26. The number of carbonyl (C=O) groups is 1. The number of hydrogen-bond acceptors (Lipinski definition) is 6. The second-order valence-electron chi connectivity index (χ2n) is 8.94. The molecule has 0 bridgehead atoms. The molecule has 0 radical (unpaired) electrons. The van der Waals surface area contributed by atoms with Crippen LogP contribution in [0.3, 0.4) is 0 Å². The SMILES string of the molecule is CCCCNc1ncc2c(-c3ccc(N4CCOCC4=O)cc3)nn(C3CCCCC3)c2n1. The Bertz CT molecular complexity index is 1100. The molecule has 5 rings (SSSR count). The zero-order valence-electron chi connectivity index (χ0n) is 19.3. The van der Waals surface area contributed by atoms with E-state index >= 15 is 0 Å². The van der Waals surface area contributed by atoms with Crippen molar-refractivity contribution >= 4 is 28.6 Å². The maximum atomic E-state index is 12.2. The second kappa shape index (κ2) is 9.87. The molecule has 0 atom stereocenters. The van der Waals surface area contributed by atoms with Crippen molar-refractivity contribution in [1.29, 1.82) is 0 Å². The van der Waals surface area contributed by atoms with Gasteiger partial charge in [0.2, 0.25) is 5.95 Å². The average molecular weight is 449 g/mol. The number of nitrogens with zero attached hydrogens (tertiary/aromatic N) is 5. The highest BCUT2D eigenvalue weighted by molar-refractivity contribution is 5.96. The maximum absolute atomic E-state index is 12.2. The van der Waals surface area contributed by atoms with Gasteiger partial charge >= 0.3 is 0 Å². The molecule has 0 unspecified atom stereocenters. The Morgan fingerprint density at radius 3 is 2.73 bits per heavy atom. The van der Waals surface area contributed by atoms with Gasteiger partial charge in [-0.3, -0.25) is 4.79 Å². The van der Waals surface area contributed by atoms with Crippen molar-refractivity contribution in [3.8, 4) is 11.3 Å². The first-order chi connectivity index (χ1) is 16.2. The molecule has 1 saturated carbocycles. The lowest BCUT2D eigenvalue weighted by Crippen LogP contribution is -2.41. The smallest absolute Gasteiger partial charge is 0.253 e. The van der Waals surface area contributed by atoms with E-state index in [1.807, 2.05) is 30.5 Å². The van der Waals surface area contributed by atoms with Crippen LogP contribution in [0.5, 0.6) is 0 Å². The third-order valence-electron chi connectivity index (χ3n) is 6.62. The summed E-state index contributed by atoms with van der Waals surface area (Å²) in [5, 5.41) is 9.39. The molecule has 1 N–H and O–H groups in total. The summed E-state index contributed by atoms with van der Waals surface area (Å²) in [6, 6.07) is 8.44. The highest BCUT2D eigenvalue weighted by atomic mass is 16.5. The lowest BCUT2D eigenvalue weighted by molar-refractivity contribution is -0.125. The molecule has 1 saturated heterocycles. The zero-order chi connectivity index (χ0) is 22.6. The van der Waals surface area contributed by atoms with Gasteiger partial charge in [0.25, 0.3) is 5.91 Å². The van der Waals surface area contributed by atoms with Crippen LogP contribution in [0.2, 0.25) is 0 Å². The number of anilines is 2. The number of aromatic nitrogens is 4. The van der Waals surface area contributed by atoms with Crippen LogP contribution in [0.25, 0.3) is 22.3 Å². The van der Waals surface area contributed by atoms with E-state index in [4.69, 9.17) is 14.8 Å². The number of benzene rings is 1. The van der Waals surface area contributed by atoms with Gasteiger partial charge in [0.05, 0.1) is 18.0 Å². The van der Waals surface area contributed by atoms with Gasteiger partial charge in [0.1, 0.15) is 12.3 Å². The summed E-state index contributed by atoms with van der Waals surface area (Å²) in [7, 11) is 0. The van der Waals surface area contributed by atoms with E-state index in [1.165, 1.54) is 19.3 Å². The predicted molar refractivity (Wildman–Crippen MR) is 129 cm³/mol. The normalized spacial score (nSPS) is 17.6. The van der Waals surface area contributed by atoms with Crippen LogP contribution >= 0.6 is 0 Å². The standard InChI is InChI=1S/C25H32N6O2/c1-2-3-13-26-25-27-16-21-23(29-31(24(21)28-25)20-7-5-4-6-8-20)18-9-11-19(12-10-18)30-14-15-33-17-22(30)32/h9-12,16,20H,2-8,13-15,17H2,1H3,(H,26,27,28). The minimum Gasteiger partial charge on any atom is -0.370 e. The molecule has 3 heterocycles. The van der Waals surface area contributed by atoms with Crippen molar-refractivity contribution in [3.05, 3.63) is 30.5 Å². The van der Waals surface area contributed by atoms with Crippen molar-refractivity contribution in [1.82, 2.24) is 19.7 Å². The van der Waals surface area contributed by atoms with Crippen LogP contribution in [-0.4, -0.2) is 52.0 Å².